The summed E-state index contributed by atoms with van der Waals surface area (Å²) in [6.45, 7) is 0. The van der Waals surface area contributed by atoms with Gasteiger partial charge in [-0.1, -0.05) is 11.6 Å². The lowest BCUT2D eigenvalue weighted by atomic mass is 10.4. The van der Waals surface area contributed by atoms with Crippen LogP contribution in [0.4, 0.5) is 0 Å². The molecule has 8 heavy (non-hydrogen) atoms. The zero-order valence-corrected chi connectivity index (χ0v) is 4.55. The van der Waals surface area contributed by atoms with Crippen LogP contribution >= 0.6 is 11.6 Å². The maximum Gasteiger partial charge on any atom is 0.331 e. The van der Waals surface area contributed by atoms with Crippen LogP contribution in [0.25, 0.3) is 0 Å². The van der Waals surface area contributed by atoms with Gasteiger partial charge in [0, 0.05) is 0 Å². The number of primary amides is 1. The Morgan fingerprint density at radius 1 is 1.62 bits per heavy atom. The highest BCUT2D eigenvalue weighted by molar-refractivity contribution is 6.40. The van der Waals surface area contributed by atoms with E-state index in [1.165, 1.54) is 0 Å². The molecule has 0 saturated carbocycles. The molecule has 0 heterocycles. The lowest BCUT2D eigenvalue weighted by Gasteiger charge is -1.93. The molecule has 0 spiro atoms. The van der Waals surface area contributed by atoms with Crippen LogP contribution in [-0.4, -0.2) is 22.4 Å². The molecule has 1 amide bonds. The maximum absolute atomic E-state index is 9.85. The fourth-order valence-corrected chi connectivity index (χ4v) is 0.122. The van der Waals surface area contributed by atoms with Gasteiger partial charge in [-0.2, -0.15) is 0 Å². The van der Waals surface area contributed by atoms with Gasteiger partial charge < -0.3 is 10.8 Å². The van der Waals surface area contributed by atoms with E-state index in [0.29, 0.717) is 0 Å². The zero-order chi connectivity index (χ0) is 6.73. The van der Waals surface area contributed by atoms with Gasteiger partial charge >= 0.3 is 5.97 Å². The number of carboxylic acid groups (broad SMARTS) is 1. The number of nitrogens with two attached hydrogens (primary N) is 1. The monoisotopic (exact) mass is 137 g/mol. The van der Waals surface area contributed by atoms with Gasteiger partial charge in [-0.25, -0.2) is 0 Å². The number of rotatable bonds is 2. The van der Waals surface area contributed by atoms with Crippen molar-refractivity contribution in [1.29, 1.82) is 0 Å². The Bertz CT molecular complexity index is 110. The summed E-state index contributed by atoms with van der Waals surface area (Å²) < 4.78 is 0. The Hall–Kier alpha value is -0.770. The van der Waals surface area contributed by atoms with Crippen molar-refractivity contribution < 1.29 is 14.7 Å². The van der Waals surface area contributed by atoms with E-state index in [1.807, 2.05) is 0 Å². The topological polar surface area (TPSA) is 80.4 Å². The molecule has 0 aliphatic heterocycles. The van der Waals surface area contributed by atoms with Crippen molar-refractivity contribution in [3.8, 4) is 0 Å². The number of amides is 1. The van der Waals surface area contributed by atoms with Crippen molar-refractivity contribution in [3.05, 3.63) is 0 Å². The molecule has 0 aliphatic rings. The van der Waals surface area contributed by atoms with Gasteiger partial charge in [-0.3, -0.25) is 9.59 Å². The van der Waals surface area contributed by atoms with Gasteiger partial charge in [0.15, 0.2) is 0 Å². The van der Waals surface area contributed by atoms with E-state index in [-0.39, 0.29) is 0 Å². The number of carbonyl (C=O) groups is 2. The number of hydrogen-bond acceptors (Lipinski definition) is 2. The molecule has 0 saturated heterocycles. The van der Waals surface area contributed by atoms with Gasteiger partial charge in [0.1, 0.15) is 0 Å². The first-order chi connectivity index (χ1) is 3.55. The molecular formula is C3H4ClNO3. The molecular weight excluding hydrogens is 133 g/mol. The van der Waals surface area contributed by atoms with Crippen molar-refractivity contribution in [2.45, 2.75) is 5.38 Å². The summed E-state index contributed by atoms with van der Waals surface area (Å²) in [5.41, 5.74) is 4.49. The molecule has 0 rings (SSSR count). The molecule has 0 aromatic carbocycles. The highest BCUT2D eigenvalue weighted by atomic mass is 35.5. The molecule has 0 radical (unpaired) electrons. The van der Waals surface area contributed by atoms with Crippen LogP contribution in [0.3, 0.4) is 0 Å². The molecule has 0 fully saturated rings. The van der Waals surface area contributed by atoms with Crippen LogP contribution in [0.15, 0.2) is 0 Å². The van der Waals surface area contributed by atoms with Crippen molar-refractivity contribution in [2.75, 3.05) is 0 Å². The van der Waals surface area contributed by atoms with Crippen molar-refractivity contribution >= 4 is 23.5 Å². The minimum absolute atomic E-state index is 1.04. The minimum atomic E-state index is -1.60. The Labute approximate surface area is 50.2 Å². The number of halogens is 1. The molecule has 3 N–H and O–H groups in total. The smallest absolute Gasteiger partial charge is 0.331 e. The summed E-state index contributed by atoms with van der Waals surface area (Å²) in [4.78, 5) is 19.6. The van der Waals surface area contributed by atoms with Gasteiger partial charge in [0.25, 0.3) is 0 Å². The SMILES string of the molecule is NC(=O)C(Cl)C(=O)O. The third kappa shape index (κ3) is 1.79. The van der Waals surface area contributed by atoms with E-state index in [0.717, 1.165) is 0 Å². The molecule has 1 unspecified atom stereocenters. The van der Waals surface area contributed by atoms with Crippen LogP contribution in [0.5, 0.6) is 0 Å². The Balaban J connectivity index is 3.83. The predicted molar refractivity (Wildman–Crippen MR) is 26.5 cm³/mol. The van der Waals surface area contributed by atoms with Gasteiger partial charge in [-0.15, -0.1) is 0 Å². The summed E-state index contributed by atoms with van der Waals surface area (Å²) in [5.74, 6) is -2.46. The van der Waals surface area contributed by atoms with Crippen LogP contribution in [0, 0.1) is 0 Å². The first kappa shape index (κ1) is 7.23. The molecule has 5 heteroatoms. The quantitative estimate of drug-likeness (QED) is 0.385. The van der Waals surface area contributed by atoms with E-state index in [2.05, 4.69) is 5.73 Å². The van der Waals surface area contributed by atoms with Crippen molar-refractivity contribution in [1.82, 2.24) is 0 Å². The van der Waals surface area contributed by atoms with Crippen LogP contribution in [-0.2, 0) is 9.59 Å². The summed E-state index contributed by atoms with van der Waals surface area (Å²) in [6, 6.07) is 0. The Morgan fingerprint density at radius 2 is 2.00 bits per heavy atom. The van der Waals surface area contributed by atoms with E-state index < -0.39 is 17.3 Å². The average molecular weight is 138 g/mol. The normalized spacial score (nSPS) is 12.6. The standard InChI is InChI=1S/C3H4ClNO3/c4-1(2(5)6)3(7)8/h1H,(H2,5,6)(H,7,8). The van der Waals surface area contributed by atoms with E-state index >= 15 is 0 Å². The molecule has 1 atom stereocenters. The zero-order valence-electron chi connectivity index (χ0n) is 3.80. The molecule has 46 valence electrons. The summed E-state index contributed by atoms with van der Waals surface area (Å²) >= 11 is 4.88. The second-order valence-electron chi connectivity index (χ2n) is 1.10. The second kappa shape index (κ2) is 2.52. The first-order valence-corrected chi connectivity index (χ1v) is 2.15. The summed E-state index contributed by atoms with van der Waals surface area (Å²) in [6.07, 6.45) is 0. The fraction of sp³-hybridized carbons (Fsp3) is 0.333. The van der Waals surface area contributed by atoms with Crippen molar-refractivity contribution in [3.63, 3.8) is 0 Å². The highest BCUT2D eigenvalue weighted by Crippen LogP contribution is 1.91. The van der Waals surface area contributed by atoms with Crippen LogP contribution in [0.2, 0.25) is 0 Å². The minimum Gasteiger partial charge on any atom is -0.480 e. The summed E-state index contributed by atoms with van der Waals surface area (Å²) in [5, 5.41) is 6.32. The first-order valence-electron chi connectivity index (χ1n) is 1.72. The molecule has 0 aromatic heterocycles. The van der Waals surface area contributed by atoms with E-state index in [9.17, 15) is 9.59 Å². The van der Waals surface area contributed by atoms with E-state index in [1.54, 1.807) is 0 Å². The molecule has 0 aromatic rings. The Morgan fingerprint density at radius 3 is 2.00 bits per heavy atom. The number of alkyl halides is 1. The largest absolute Gasteiger partial charge is 0.480 e. The molecule has 0 bridgehead atoms. The highest BCUT2D eigenvalue weighted by Gasteiger charge is 2.18. The average Bonchev–Trinajstić information content (AvgIpc) is 1.64. The molecule has 4 nitrogen and oxygen atoms in total. The lowest BCUT2D eigenvalue weighted by molar-refractivity contribution is -0.139. The summed E-state index contributed by atoms with van der Waals surface area (Å²) in [7, 11) is 0. The Kier molecular flexibility index (Phi) is 2.27. The third-order valence-corrected chi connectivity index (χ3v) is 0.868. The number of hydrogen-bond donors (Lipinski definition) is 2. The van der Waals surface area contributed by atoms with Gasteiger partial charge in [0.05, 0.1) is 0 Å². The van der Waals surface area contributed by atoms with Gasteiger partial charge in [-0.05, 0) is 0 Å². The number of carboxylic acids is 1. The lowest BCUT2D eigenvalue weighted by Crippen LogP contribution is -2.30. The van der Waals surface area contributed by atoms with Crippen LogP contribution in [0.1, 0.15) is 0 Å². The van der Waals surface area contributed by atoms with E-state index in [4.69, 9.17) is 16.7 Å². The second-order valence-corrected chi connectivity index (χ2v) is 1.54. The van der Waals surface area contributed by atoms with Crippen LogP contribution < -0.4 is 5.73 Å². The fourth-order valence-electron chi connectivity index (χ4n) is 0.122. The molecule has 0 aliphatic carbocycles. The van der Waals surface area contributed by atoms with Crippen molar-refractivity contribution in [2.24, 2.45) is 5.73 Å². The number of carbonyl (C=O) groups excluding carboxylic acids is 1. The predicted octanol–water partition coefficient (Wildman–Crippen LogP) is -0.836. The third-order valence-electron chi connectivity index (χ3n) is 0.467. The number of aliphatic carboxylic acids is 1. The maximum atomic E-state index is 9.85. The van der Waals surface area contributed by atoms with Gasteiger partial charge in [0.2, 0.25) is 11.3 Å².